The van der Waals surface area contributed by atoms with Gasteiger partial charge in [-0.1, -0.05) is 18.5 Å². The zero-order valence-corrected chi connectivity index (χ0v) is 16.2. The topological polar surface area (TPSA) is 116 Å². The summed E-state index contributed by atoms with van der Waals surface area (Å²) in [5.41, 5.74) is 6.52. The number of amides is 2. The van der Waals surface area contributed by atoms with Gasteiger partial charge in [-0.05, 0) is 25.8 Å². The van der Waals surface area contributed by atoms with Crippen LogP contribution in [0.1, 0.15) is 44.6 Å². The Balaban J connectivity index is 2.27. The van der Waals surface area contributed by atoms with Gasteiger partial charge in [-0.15, -0.1) is 11.3 Å². The van der Waals surface area contributed by atoms with Crippen molar-refractivity contribution in [2.24, 2.45) is 5.73 Å². The van der Waals surface area contributed by atoms with Crippen molar-refractivity contribution in [2.45, 2.75) is 33.7 Å². The summed E-state index contributed by atoms with van der Waals surface area (Å²) in [4.78, 5) is 36.5. The first-order valence-electron chi connectivity index (χ1n) is 7.84. The van der Waals surface area contributed by atoms with Crippen LogP contribution in [0.5, 0.6) is 0 Å². The molecule has 0 atom stereocenters. The molecule has 10 heteroatoms. The maximum atomic E-state index is 12.3. The van der Waals surface area contributed by atoms with Crippen molar-refractivity contribution in [1.82, 2.24) is 9.78 Å². The van der Waals surface area contributed by atoms with Crippen LogP contribution in [-0.2, 0) is 16.1 Å². The summed E-state index contributed by atoms with van der Waals surface area (Å²) in [5, 5.41) is 7.31. The van der Waals surface area contributed by atoms with Crippen LogP contribution in [0.25, 0.3) is 0 Å². The number of nitrogens with zero attached hydrogens (tertiary/aromatic N) is 2. The molecule has 26 heavy (non-hydrogen) atoms. The molecule has 0 radical (unpaired) electrons. The average Bonchev–Trinajstić information content (AvgIpc) is 3.06. The SMILES string of the molecule is CCCOC(=O)c1c(NC(=O)Cn2ncc(Cl)c2C)sc(C(N)=O)c1C. The molecule has 0 saturated carbocycles. The summed E-state index contributed by atoms with van der Waals surface area (Å²) in [5.74, 6) is -1.70. The van der Waals surface area contributed by atoms with Gasteiger partial charge in [-0.3, -0.25) is 14.3 Å². The minimum Gasteiger partial charge on any atom is -0.462 e. The van der Waals surface area contributed by atoms with Gasteiger partial charge in [0.15, 0.2) is 0 Å². The van der Waals surface area contributed by atoms with Crippen LogP contribution < -0.4 is 11.1 Å². The van der Waals surface area contributed by atoms with E-state index in [0.717, 1.165) is 11.3 Å². The highest BCUT2D eigenvalue weighted by Gasteiger charge is 2.26. The number of primary amides is 1. The molecule has 0 saturated heterocycles. The minimum atomic E-state index is -0.674. The lowest BCUT2D eigenvalue weighted by molar-refractivity contribution is -0.116. The minimum absolute atomic E-state index is 0.0924. The van der Waals surface area contributed by atoms with E-state index in [2.05, 4.69) is 10.4 Å². The number of rotatable bonds is 7. The summed E-state index contributed by atoms with van der Waals surface area (Å²) in [6, 6.07) is 0. The van der Waals surface area contributed by atoms with Crippen molar-refractivity contribution in [1.29, 1.82) is 0 Å². The van der Waals surface area contributed by atoms with Gasteiger partial charge >= 0.3 is 5.97 Å². The van der Waals surface area contributed by atoms with E-state index in [1.54, 1.807) is 13.8 Å². The number of nitrogens with one attached hydrogen (secondary N) is 1. The highest BCUT2D eigenvalue weighted by atomic mass is 35.5. The van der Waals surface area contributed by atoms with Gasteiger partial charge < -0.3 is 15.8 Å². The number of hydrogen-bond acceptors (Lipinski definition) is 6. The Bertz CT molecular complexity index is 859. The fourth-order valence-electron chi connectivity index (χ4n) is 2.23. The fourth-order valence-corrected chi connectivity index (χ4v) is 3.44. The normalized spacial score (nSPS) is 10.6. The number of esters is 1. The third-order valence-electron chi connectivity index (χ3n) is 3.60. The van der Waals surface area contributed by atoms with E-state index in [0.29, 0.717) is 22.7 Å². The third kappa shape index (κ3) is 4.23. The number of carbonyl (C=O) groups is 3. The van der Waals surface area contributed by atoms with Crippen molar-refractivity contribution in [3.05, 3.63) is 32.9 Å². The largest absolute Gasteiger partial charge is 0.462 e. The molecule has 140 valence electrons. The molecule has 3 N–H and O–H groups in total. The number of anilines is 1. The van der Waals surface area contributed by atoms with Gasteiger partial charge in [0, 0.05) is 0 Å². The number of halogens is 1. The Morgan fingerprint density at radius 1 is 1.38 bits per heavy atom. The molecule has 2 heterocycles. The van der Waals surface area contributed by atoms with Gasteiger partial charge in [0.2, 0.25) is 5.91 Å². The van der Waals surface area contributed by atoms with Crippen LogP contribution in [-0.4, -0.2) is 34.2 Å². The molecule has 0 unspecified atom stereocenters. The summed E-state index contributed by atoms with van der Waals surface area (Å²) >= 11 is 6.86. The maximum absolute atomic E-state index is 12.3. The molecule has 0 aromatic carbocycles. The van der Waals surface area contributed by atoms with E-state index in [4.69, 9.17) is 22.1 Å². The van der Waals surface area contributed by atoms with Crippen LogP contribution in [0.15, 0.2) is 6.20 Å². The van der Waals surface area contributed by atoms with Crippen LogP contribution in [0, 0.1) is 13.8 Å². The number of hydrogen-bond donors (Lipinski definition) is 2. The third-order valence-corrected chi connectivity index (χ3v) is 5.19. The lowest BCUT2D eigenvalue weighted by Gasteiger charge is -2.08. The molecular formula is C16H19ClN4O4S. The van der Waals surface area contributed by atoms with E-state index in [1.807, 2.05) is 6.92 Å². The highest BCUT2D eigenvalue weighted by molar-refractivity contribution is 7.18. The Labute approximate surface area is 159 Å². The molecule has 8 nitrogen and oxygen atoms in total. The highest BCUT2D eigenvalue weighted by Crippen LogP contribution is 2.33. The van der Waals surface area contributed by atoms with E-state index >= 15 is 0 Å². The second kappa shape index (κ2) is 8.33. The predicted octanol–water partition coefficient (Wildman–Crippen LogP) is 2.52. The molecule has 0 spiro atoms. The second-order valence-electron chi connectivity index (χ2n) is 5.54. The molecule has 0 aliphatic heterocycles. The first kappa shape index (κ1) is 19.9. The Morgan fingerprint density at radius 2 is 2.08 bits per heavy atom. The number of thiophene rings is 1. The maximum Gasteiger partial charge on any atom is 0.341 e. The lowest BCUT2D eigenvalue weighted by Crippen LogP contribution is -2.21. The number of nitrogens with two attached hydrogens (primary N) is 1. The molecule has 0 aliphatic carbocycles. The molecule has 2 aromatic heterocycles. The molecule has 0 bridgehead atoms. The van der Waals surface area contributed by atoms with Crippen LogP contribution in [0.2, 0.25) is 5.02 Å². The smallest absolute Gasteiger partial charge is 0.341 e. The van der Waals surface area contributed by atoms with Crippen molar-refractivity contribution in [3.8, 4) is 0 Å². The Kier molecular flexibility index (Phi) is 6.38. The van der Waals surface area contributed by atoms with E-state index in [1.165, 1.54) is 10.9 Å². The molecule has 2 amide bonds. The molecule has 2 rings (SSSR count). The number of carbonyl (C=O) groups excluding carboxylic acids is 3. The second-order valence-corrected chi connectivity index (χ2v) is 6.97. The summed E-state index contributed by atoms with van der Waals surface area (Å²) < 4.78 is 6.58. The summed E-state index contributed by atoms with van der Waals surface area (Å²) in [6.07, 6.45) is 2.09. The Hall–Kier alpha value is -2.39. The van der Waals surface area contributed by atoms with Crippen molar-refractivity contribution >= 4 is 45.7 Å². The monoisotopic (exact) mass is 398 g/mol. The fraction of sp³-hybridized carbons (Fsp3) is 0.375. The number of ether oxygens (including phenoxy) is 1. The van der Waals surface area contributed by atoms with Gasteiger partial charge in [-0.25, -0.2) is 4.79 Å². The number of aromatic nitrogens is 2. The predicted molar refractivity (Wildman–Crippen MR) is 98.8 cm³/mol. The zero-order valence-electron chi connectivity index (χ0n) is 14.6. The van der Waals surface area contributed by atoms with Crippen molar-refractivity contribution < 1.29 is 19.1 Å². The van der Waals surface area contributed by atoms with Crippen molar-refractivity contribution in [2.75, 3.05) is 11.9 Å². The first-order valence-corrected chi connectivity index (χ1v) is 9.03. The van der Waals surface area contributed by atoms with Gasteiger partial charge in [0.1, 0.15) is 11.5 Å². The van der Waals surface area contributed by atoms with E-state index in [-0.39, 0.29) is 28.6 Å². The van der Waals surface area contributed by atoms with Crippen molar-refractivity contribution in [3.63, 3.8) is 0 Å². The molecular weight excluding hydrogens is 380 g/mol. The van der Waals surface area contributed by atoms with Gasteiger partial charge in [0.05, 0.1) is 34.0 Å². The van der Waals surface area contributed by atoms with Gasteiger partial charge in [0.25, 0.3) is 5.91 Å². The van der Waals surface area contributed by atoms with Crippen LogP contribution >= 0.6 is 22.9 Å². The van der Waals surface area contributed by atoms with E-state index < -0.39 is 17.8 Å². The summed E-state index contributed by atoms with van der Waals surface area (Å²) in [7, 11) is 0. The zero-order chi connectivity index (χ0) is 19.4. The van der Waals surface area contributed by atoms with E-state index in [9.17, 15) is 14.4 Å². The van der Waals surface area contributed by atoms with Crippen LogP contribution in [0.4, 0.5) is 5.00 Å². The first-order chi connectivity index (χ1) is 12.3. The standard InChI is InChI=1S/C16H19ClN4O4S/c1-4-5-25-16(24)12-8(2)13(14(18)23)26-15(12)20-11(22)7-21-9(3)10(17)6-19-21/h6H,4-5,7H2,1-3H3,(H2,18,23)(H,20,22). The van der Waals surface area contributed by atoms with Crippen LogP contribution in [0.3, 0.4) is 0 Å². The lowest BCUT2D eigenvalue weighted by atomic mass is 10.1. The summed E-state index contributed by atoms with van der Waals surface area (Å²) in [6.45, 7) is 5.33. The van der Waals surface area contributed by atoms with Gasteiger partial charge in [-0.2, -0.15) is 5.10 Å². The quantitative estimate of drug-likeness (QED) is 0.695. The molecule has 0 aliphatic rings. The Morgan fingerprint density at radius 3 is 2.62 bits per heavy atom. The average molecular weight is 399 g/mol. The molecule has 2 aromatic rings. The molecule has 0 fully saturated rings.